The molecule has 5 rings (SSSR count). The van der Waals surface area contributed by atoms with E-state index >= 15 is 0 Å². The molecule has 1 saturated heterocycles. The van der Waals surface area contributed by atoms with Crippen LogP contribution in [0.3, 0.4) is 0 Å². The van der Waals surface area contributed by atoms with E-state index in [2.05, 4.69) is 63.4 Å². The molecule has 0 radical (unpaired) electrons. The standard InChI is InChI=1S/C28H30N6O2S/c1-21-8-6-12-24(18-21)34-22(2)30-31-28(34)37-20-26-29-25(19-36-26)27(35)33-16-14-32(15-17-33)13-7-11-23-9-4-3-5-10-23/h3-12,18-19H,13-17,20H2,1-2H3. The number of hydrogen-bond acceptors (Lipinski definition) is 7. The quantitative estimate of drug-likeness (QED) is 0.317. The van der Waals surface area contributed by atoms with Gasteiger partial charge in [0.1, 0.15) is 12.1 Å². The zero-order valence-electron chi connectivity index (χ0n) is 21.1. The molecule has 3 heterocycles. The maximum Gasteiger partial charge on any atom is 0.275 e. The Bertz CT molecular complexity index is 1370. The van der Waals surface area contributed by atoms with E-state index in [4.69, 9.17) is 4.42 Å². The molecule has 9 heteroatoms. The van der Waals surface area contributed by atoms with Crippen LogP contribution in [0.4, 0.5) is 0 Å². The summed E-state index contributed by atoms with van der Waals surface area (Å²) in [5.41, 5.74) is 3.73. The van der Waals surface area contributed by atoms with Gasteiger partial charge in [-0.3, -0.25) is 14.3 Å². The molecule has 37 heavy (non-hydrogen) atoms. The van der Waals surface area contributed by atoms with Crippen molar-refractivity contribution in [2.45, 2.75) is 24.8 Å². The van der Waals surface area contributed by atoms with Crippen LogP contribution in [-0.2, 0) is 5.75 Å². The summed E-state index contributed by atoms with van der Waals surface area (Å²) in [6.07, 6.45) is 5.77. The van der Waals surface area contributed by atoms with Gasteiger partial charge in [-0.05, 0) is 37.1 Å². The molecule has 0 atom stereocenters. The third kappa shape index (κ3) is 6.18. The van der Waals surface area contributed by atoms with Gasteiger partial charge < -0.3 is 9.32 Å². The van der Waals surface area contributed by atoms with Crippen LogP contribution in [0, 0.1) is 13.8 Å². The summed E-state index contributed by atoms with van der Waals surface area (Å²) in [7, 11) is 0. The number of aromatic nitrogens is 4. The van der Waals surface area contributed by atoms with Gasteiger partial charge in [-0.25, -0.2) is 4.98 Å². The Morgan fingerprint density at radius 3 is 2.62 bits per heavy atom. The van der Waals surface area contributed by atoms with E-state index in [1.54, 1.807) is 0 Å². The summed E-state index contributed by atoms with van der Waals surface area (Å²) in [4.78, 5) is 21.7. The van der Waals surface area contributed by atoms with Crippen molar-refractivity contribution >= 4 is 23.7 Å². The van der Waals surface area contributed by atoms with Crippen LogP contribution < -0.4 is 0 Å². The molecule has 190 valence electrons. The Morgan fingerprint density at radius 2 is 1.84 bits per heavy atom. The van der Waals surface area contributed by atoms with Gasteiger partial charge in [-0.2, -0.15) is 0 Å². The highest BCUT2D eigenvalue weighted by Gasteiger charge is 2.24. The number of amides is 1. The van der Waals surface area contributed by atoms with Crippen LogP contribution in [0.25, 0.3) is 11.8 Å². The van der Waals surface area contributed by atoms with Crippen molar-refractivity contribution in [2.75, 3.05) is 32.7 Å². The van der Waals surface area contributed by atoms with Crippen molar-refractivity contribution in [3.05, 3.63) is 95.5 Å². The van der Waals surface area contributed by atoms with Crippen molar-refractivity contribution in [2.24, 2.45) is 0 Å². The summed E-state index contributed by atoms with van der Waals surface area (Å²) in [5, 5.41) is 9.32. The summed E-state index contributed by atoms with van der Waals surface area (Å²) >= 11 is 1.48. The third-order valence-electron chi connectivity index (χ3n) is 6.28. The fourth-order valence-corrected chi connectivity index (χ4v) is 5.15. The molecule has 0 bridgehead atoms. The molecule has 4 aromatic rings. The highest BCUT2D eigenvalue weighted by molar-refractivity contribution is 7.98. The lowest BCUT2D eigenvalue weighted by molar-refractivity contribution is 0.0644. The first kappa shape index (κ1) is 25.0. The Hall–Kier alpha value is -3.69. The second-order valence-electron chi connectivity index (χ2n) is 9.03. The molecule has 2 aromatic heterocycles. The van der Waals surface area contributed by atoms with Crippen molar-refractivity contribution in [3.63, 3.8) is 0 Å². The topological polar surface area (TPSA) is 80.3 Å². The fourth-order valence-electron chi connectivity index (χ4n) is 4.30. The highest BCUT2D eigenvalue weighted by Crippen LogP contribution is 2.25. The molecule has 8 nitrogen and oxygen atoms in total. The highest BCUT2D eigenvalue weighted by atomic mass is 32.2. The molecule has 0 spiro atoms. The minimum absolute atomic E-state index is 0.0850. The first-order valence-electron chi connectivity index (χ1n) is 12.4. The van der Waals surface area contributed by atoms with Gasteiger partial charge in [0.25, 0.3) is 5.91 Å². The molecule has 2 aromatic carbocycles. The Morgan fingerprint density at radius 1 is 1.03 bits per heavy atom. The van der Waals surface area contributed by atoms with Gasteiger partial charge in [0.15, 0.2) is 10.9 Å². The fraction of sp³-hybridized carbons (Fsp3) is 0.286. The average molecular weight is 515 g/mol. The van der Waals surface area contributed by atoms with E-state index < -0.39 is 0 Å². The maximum absolute atomic E-state index is 13.0. The number of carbonyl (C=O) groups is 1. The first-order valence-corrected chi connectivity index (χ1v) is 13.3. The zero-order valence-corrected chi connectivity index (χ0v) is 21.9. The van der Waals surface area contributed by atoms with Gasteiger partial charge in [-0.15, -0.1) is 10.2 Å². The van der Waals surface area contributed by atoms with Crippen LogP contribution in [0.15, 0.2) is 76.5 Å². The second-order valence-corrected chi connectivity index (χ2v) is 9.97. The van der Waals surface area contributed by atoms with E-state index in [1.807, 2.05) is 46.7 Å². The number of rotatable bonds is 8. The minimum Gasteiger partial charge on any atom is -0.447 e. The Kier molecular flexibility index (Phi) is 7.82. The SMILES string of the molecule is Cc1cccc(-n2c(C)nnc2SCc2nc(C(=O)N3CCN(CC=Cc4ccccc4)CC3)co2)c1. The maximum atomic E-state index is 13.0. The third-order valence-corrected chi connectivity index (χ3v) is 7.20. The predicted octanol–water partition coefficient (Wildman–Crippen LogP) is 4.64. The summed E-state index contributed by atoms with van der Waals surface area (Å²) in [5.74, 6) is 1.68. The minimum atomic E-state index is -0.0850. The number of thioether (sulfide) groups is 1. The number of nitrogens with zero attached hydrogens (tertiary/aromatic N) is 6. The van der Waals surface area contributed by atoms with E-state index in [-0.39, 0.29) is 5.91 Å². The number of piperazine rings is 1. The summed E-state index contributed by atoms with van der Waals surface area (Å²) in [6.45, 7) is 7.88. The van der Waals surface area contributed by atoms with Crippen LogP contribution in [-0.4, -0.2) is 68.2 Å². The lowest BCUT2D eigenvalue weighted by Gasteiger charge is -2.33. The molecular formula is C28H30N6O2S. The van der Waals surface area contributed by atoms with Gasteiger partial charge in [-0.1, -0.05) is 66.4 Å². The molecule has 0 unspecified atom stereocenters. The van der Waals surface area contributed by atoms with Crippen LogP contribution in [0.5, 0.6) is 0 Å². The molecular weight excluding hydrogens is 484 g/mol. The van der Waals surface area contributed by atoms with E-state index in [9.17, 15) is 4.79 Å². The van der Waals surface area contributed by atoms with Gasteiger partial charge in [0.2, 0.25) is 5.89 Å². The van der Waals surface area contributed by atoms with Crippen LogP contribution in [0.1, 0.15) is 33.3 Å². The van der Waals surface area contributed by atoms with Crippen LogP contribution in [0.2, 0.25) is 0 Å². The smallest absolute Gasteiger partial charge is 0.275 e. The molecule has 1 amide bonds. The predicted molar refractivity (Wildman–Crippen MR) is 145 cm³/mol. The monoisotopic (exact) mass is 514 g/mol. The Labute approximate surface area is 221 Å². The molecule has 0 aliphatic carbocycles. The average Bonchev–Trinajstić information content (AvgIpc) is 3.54. The zero-order chi connectivity index (χ0) is 25.6. The normalized spacial score (nSPS) is 14.5. The number of carbonyl (C=O) groups excluding carboxylic acids is 1. The summed E-state index contributed by atoms with van der Waals surface area (Å²) in [6, 6.07) is 18.5. The molecule has 1 aliphatic heterocycles. The lowest BCUT2D eigenvalue weighted by atomic mass is 10.2. The summed E-state index contributed by atoms with van der Waals surface area (Å²) < 4.78 is 7.64. The number of benzene rings is 2. The second kappa shape index (κ2) is 11.6. The van der Waals surface area contributed by atoms with E-state index in [0.717, 1.165) is 36.3 Å². The van der Waals surface area contributed by atoms with E-state index in [0.29, 0.717) is 30.4 Å². The number of aryl methyl sites for hydroxylation is 2. The van der Waals surface area contributed by atoms with Crippen molar-refractivity contribution in [1.82, 2.24) is 29.5 Å². The van der Waals surface area contributed by atoms with E-state index in [1.165, 1.54) is 29.2 Å². The van der Waals surface area contributed by atoms with Gasteiger partial charge in [0.05, 0.1) is 5.75 Å². The largest absolute Gasteiger partial charge is 0.447 e. The van der Waals surface area contributed by atoms with Gasteiger partial charge >= 0.3 is 0 Å². The lowest BCUT2D eigenvalue weighted by Crippen LogP contribution is -2.48. The molecule has 1 fully saturated rings. The van der Waals surface area contributed by atoms with Gasteiger partial charge in [0, 0.05) is 38.4 Å². The molecule has 0 saturated carbocycles. The Balaban J connectivity index is 1.13. The van der Waals surface area contributed by atoms with Crippen LogP contribution >= 0.6 is 11.8 Å². The molecule has 0 N–H and O–H groups in total. The number of oxazole rings is 1. The first-order chi connectivity index (χ1) is 18.1. The molecule has 1 aliphatic rings. The van der Waals surface area contributed by atoms with Crippen molar-refractivity contribution < 1.29 is 9.21 Å². The van der Waals surface area contributed by atoms with Crippen molar-refractivity contribution in [3.8, 4) is 5.69 Å². The number of hydrogen-bond donors (Lipinski definition) is 0. The van der Waals surface area contributed by atoms with Crippen molar-refractivity contribution in [1.29, 1.82) is 0 Å².